The lowest BCUT2D eigenvalue weighted by molar-refractivity contribution is 0.0717. The summed E-state index contributed by atoms with van der Waals surface area (Å²) >= 11 is 0. The fourth-order valence-corrected chi connectivity index (χ4v) is 3.70. The molecule has 0 amide bonds. The molecule has 3 aromatic carbocycles. The van der Waals surface area contributed by atoms with Crippen molar-refractivity contribution >= 4 is 18.2 Å². The third kappa shape index (κ3) is 9.45. The zero-order valence-electron chi connectivity index (χ0n) is 22.2. The molecule has 0 aliphatic heterocycles. The maximum atomic E-state index is 12.6. The third-order valence-electron chi connectivity index (χ3n) is 5.84. The molecule has 0 atom stereocenters. The first-order chi connectivity index (χ1) is 19.0. The van der Waals surface area contributed by atoms with E-state index in [2.05, 4.69) is 13.5 Å². The van der Waals surface area contributed by atoms with Crippen LogP contribution in [0.1, 0.15) is 76.5 Å². The van der Waals surface area contributed by atoms with Crippen LogP contribution in [0.5, 0.6) is 23.0 Å². The Bertz CT molecular complexity index is 1230. The lowest BCUT2D eigenvalue weighted by atomic mass is 10.1. The van der Waals surface area contributed by atoms with Gasteiger partial charge in [-0.05, 0) is 73.2 Å². The van der Waals surface area contributed by atoms with E-state index < -0.39 is 11.9 Å². The highest BCUT2D eigenvalue weighted by molar-refractivity contribution is 5.93. The smallest absolute Gasteiger partial charge is 0.343 e. The predicted molar refractivity (Wildman–Crippen MR) is 149 cm³/mol. The molecule has 0 bridgehead atoms. The topological polar surface area (TPSA) is 88.1 Å². The van der Waals surface area contributed by atoms with E-state index in [4.69, 9.17) is 18.9 Å². The van der Waals surface area contributed by atoms with Gasteiger partial charge < -0.3 is 18.9 Å². The zero-order valence-corrected chi connectivity index (χ0v) is 22.2. The molecule has 0 saturated heterocycles. The Kier molecular flexibility index (Phi) is 11.8. The Morgan fingerprint density at radius 3 is 1.90 bits per heavy atom. The minimum absolute atomic E-state index is 0.0573. The fourth-order valence-electron chi connectivity index (χ4n) is 3.70. The standard InChI is InChI=1S/C32H34O7/c1-3-5-6-7-8-9-21-37-28-16-12-25(13-17-28)32(35)39-30-19-18-29(22-26(30)23-33)38-31(34)24-10-14-27(15-11-24)36-20-4-2/h4,10-19,22-23H,2-3,5-9,20-21H2,1H3. The number of benzene rings is 3. The number of esters is 2. The van der Waals surface area contributed by atoms with Crippen LogP contribution < -0.4 is 18.9 Å². The van der Waals surface area contributed by atoms with Gasteiger partial charge in [-0.15, -0.1) is 0 Å². The zero-order chi connectivity index (χ0) is 27.9. The van der Waals surface area contributed by atoms with E-state index in [-0.39, 0.29) is 17.1 Å². The molecule has 0 unspecified atom stereocenters. The molecule has 0 N–H and O–H groups in total. The van der Waals surface area contributed by atoms with E-state index in [0.29, 0.717) is 42.1 Å². The van der Waals surface area contributed by atoms with Gasteiger partial charge in [-0.2, -0.15) is 0 Å². The lowest BCUT2D eigenvalue weighted by Crippen LogP contribution is -2.11. The van der Waals surface area contributed by atoms with Crippen LogP contribution >= 0.6 is 0 Å². The largest absolute Gasteiger partial charge is 0.494 e. The normalized spacial score (nSPS) is 10.4. The van der Waals surface area contributed by atoms with Gasteiger partial charge in [-0.3, -0.25) is 4.79 Å². The minimum Gasteiger partial charge on any atom is -0.494 e. The molecule has 0 saturated carbocycles. The SMILES string of the molecule is C=CCOc1ccc(C(=O)Oc2ccc(OC(=O)c3ccc(OCCCCCCCC)cc3)c(C=O)c2)cc1. The van der Waals surface area contributed by atoms with E-state index in [0.717, 1.165) is 12.8 Å². The van der Waals surface area contributed by atoms with Crippen LogP contribution in [0.15, 0.2) is 79.4 Å². The monoisotopic (exact) mass is 530 g/mol. The van der Waals surface area contributed by atoms with Crippen LogP contribution in [0.2, 0.25) is 0 Å². The van der Waals surface area contributed by atoms with E-state index in [1.807, 2.05) is 0 Å². The van der Waals surface area contributed by atoms with E-state index in [1.54, 1.807) is 54.6 Å². The summed E-state index contributed by atoms with van der Waals surface area (Å²) in [5.74, 6) is 0.243. The van der Waals surface area contributed by atoms with Crippen molar-refractivity contribution in [3.05, 3.63) is 96.1 Å². The average Bonchev–Trinajstić information content (AvgIpc) is 2.96. The number of unbranched alkanes of at least 4 members (excludes halogenated alkanes) is 5. The van der Waals surface area contributed by atoms with Crippen molar-refractivity contribution < 1.29 is 33.3 Å². The van der Waals surface area contributed by atoms with E-state index >= 15 is 0 Å². The van der Waals surface area contributed by atoms with Gasteiger partial charge >= 0.3 is 11.9 Å². The van der Waals surface area contributed by atoms with Crippen LogP contribution in [0.3, 0.4) is 0 Å². The Hall–Kier alpha value is -4.39. The lowest BCUT2D eigenvalue weighted by Gasteiger charge is -2.10. The molecule has 0 radical (unpaired) electrons. The average molecular weight is 531 g/mol. The molecule has 0 spiro atoms. The number of carbonyl (C=O) groups is 3. The molecule has 0 aliphatic rings. The highest BCUT2D eigenvalue weighted by Gasteiger charge is 2.15. The number of hydrogen-bond donors (Lipinski definition) is 0. The molecule has 0 aromatic heterocycles. The number of carbonyl (C=O) groups excluding carboxylic acids is 3. The Morgan fingerprint density at radius 2 is 1.28 bits per heavy atom. The summed E-state index contributed by atoms with van der Waals surface area (Å²) in [5, 5.41) is 0. The highest BCUT2D eigenvalue weighted by atomic mass is 16.5. The minimum atomic E-state index is -0.621. The molecule has 3 aromatic rings. The van der Waals surface area contributed by atoms with Gasteiger partial charge in [0.2, 0.25) is 0 Å². The van der Waals surface area contributed by atoms with Crippen molar-refractivity contribution in [2.75, 3.05) is 13.2 Å². The second-order valence-electron chi connectivity index (χ2n) is 8.86. The summed E-state index contributed by atoms with van der Waals surface area (Å²) in [5.41, 5.74) is 0.694. The first kappa shape index (κ1) is 29.2. The Balaban J connectivity index is 1.53. The van der Waals surface area contributed by atoms with Crippen LogP contribution in [0.25, 0.3) is 0 Å². The predicted octanol–water partition coefficient (Wildman–Crippen LogP) is 7.24. The molecule has 39 heavy (non-hydrogen) atoms. The molecule has 3 rings (SSSR count). The van der Waals surface area contributed by atoms with Gasteiger partial charge in [-0.25, -0.2) is 9.59 Å². The van der Waals surface area contributed by atoms with Crippen LogP contribution in [-0.4, -0.2) is 31.4 Å². The summed E-state index contributed by atoms with van der Waals surface area (Å²) in [6.45, 7) is 6.77. The van der Waals surface area contributed by atoms with Gasteiger partial charge in [0, 0.05) is 0 Å². The van der Waals surface area contributed by atoms with Crippen LogP contribution in [-0.2, 0) is 0 Å². The van der Waals surface area contributed by atoms with Crippen molar-refractivity contribution in [2.24, 2.45) is 0 Å². The van der Waals surface area contributed by atoms with Crippen LogP contribution in [0, 0.1) is 0 Å². The second-order valence-corrected chi connectivity index (χ2v) is 8.86. The van der Waals surface area contributed by atoms with Gasteiger partial charge in [-0.1, -0.05) is 51.7 Å². The number of hydrogen-bond acceptors (Lipinski definition) is 7. The summed E-state index contributed by atoms with van der Waals surface area (Å²) in [4.78, 5) is 36.8. The maximum Gasteiger partial charge on any atom is 0.343 e. The second kappa shape index (κ2) is 15.8. The number of rotatable bonds is 16. The Morgan fingerprint density at radius 1 is 0.718 bits per heavy atom. The van der Waals surface area contributed by atoms with Gasteiger partial charge in [0.05, 0.1) is 23.3 Å². The van der Waals surface area contributed by atoms with Crippen LogP contribution in [0.4, 0.5) is 0 Å². The summed E-state index contributed by atoms with van der Waals surface area (Å²) < 4.78 is 22.0. The number of aldehydes is 1. The first-order valence-electron chi connectivity index (χ1n) is 13.1. The first-order valence-corrected chi connectivity index (χ1v) is 13.1. The van der Waals surface area contributed by atoms with Gasteiger partial charge in [0.1, 0.15) is 29.6 Å². The van der Waals surface area contributed by atoms with Crippen molar-refractivity contribution in [1.29, 1.82) is 0 Å². The molecule has 0 fully saturated rings. The van der Waals surface area contributed by atoms with E-state index in [1.165, 1.54) is 43.9 Å². The molecule has 7 heteroatoms. The van der Waals surface area contributed by atoms with Crippen molar-refractivity contribution in [3.8, 4) is 23.0 Å². The van der Waals surface area contributed by atoms with Gasteiger partial charge in [0.25, 0.3) is 0 Å². The molecular formula is C32H34O7. The van der Waals surface area contributed by atoms with Crippen molar-refractivity contribution in [2.45, 2.75) is 45.4 Å². The quantitative estimate of drug-likeness (QED) is 0.0634. The molecule has 204 valence electrons. The van der Waals surface area contributed by atoms with E-state index in [9.17, 15) is 14.4 Å². The highest BCUT2D eigenvalue weighted by Crippen LogP contribution is 2.25. The molecule has 0 aliphatic carbocycles. The molecule has 7 nitrogen and oxygen atoms in total. The van der Waals surface area contributed by atoms with Crippen molar-refractivity contribution in [3.63, 3.8) is 0 Å². The maximum absolute atomic E-state index is 12.6. The molecular weight excluding hydrogens is 496 g/mol. The molecule has 0 heterocycles. The third-order valence-corrected chi connectivity index (χ3v) is 5.84. The Labute approximate surface area is 229 Å². The summed E-state index contributed by atoms with van der Waals surface area (Å²) in [7, 11) is 0. The van der Waals surface area contributed by atoms with Crippen molar-refractivity contribution in [1.82, 2.24) is 0 Å². The summed E-state index contributed by atoms with van der Waals surface area (Å²) in [6, 6.07) is 17.3. The summed E-state index contributed by atoms with van der Waals surface area (Å²) in [6.07, 6.45) is 9.26. The fraction of sp³-hybridized carbons (Fsp3) is 0.281. The number of ether oxygens (including phenoxy) is 4. The van der Waals surface area contributed by atoms with Gasteiger partial charge in [0.15, 0.2) is 6.29 Å².